The van der Waals surface area contributed by atoms with Gasteiger partial charge in [0.05, 0.1) is 0 Å². The first-order chi connectivity index (χ1) is 14.8. The van der Waals surface area contributed by atoms with Crippen molar-refractivity contribution in [2.24, 2.45) is 40.4 Å². The summed E-state index contributed by atoms with van der Waals surface area (Å²) in [6.07, 6.45) is 15.6. The van der Waals surface area contributed by atoms with E-state index in [2.05, 4.69) is 53.8 Å². The molecule has 5 aliphatic rings. The number of ketones is 1. The van der Waals surface area contributed by atoms with Crippen LogP contribution in [0.5, 0.6) is 0 Å². The Hall–Kier alpha value is -0.413. The van der Waals surface area contributed by atoms with Gasteiger partial charge in [0, 0.05) is 18.9 Å². The fourth-order valence-corrected chi connectivity index (χ4v) is 10.3. The highest BCUT2D eigenvalue weighted by Gasteiger charge is 2.60. The van der Waals surface area contributed by atoms with Crippen molar-refractivity contribution in [1.82, 2.24) is 0 Å². The van der Waals surface area contributed by atoms with Crippen LogP contribution in [0.25, 0.3) is 0 Å². The topological polar surface area (TPSA) is 26.3 Å². The summed E-state index contributed by atoms with van der Waals surface area (Å²) in [7, 11) is -1.71. The maximum Gasteiger partial charge on any atom is 0.192 e. The molecular weight excluding hydrogens is 408 g/mol. The van der Waals surface area contributed by atoms with Crippen molar-refractivity contribution >= 4 is 14.1 Å². The smallest absolute Gasteiger partial charge is 0.192 e. The van der Waals surface area contributed by atoms with Gasteiger partial charge in [-0.25, -0.2) is 0 Å². The molecule has 3 heteroatoms. The summed E-state index contributed by atoms with van der Waals surface area (Å²) in [6.45, 7) is 17.2. The third-order valence-corrected chi connectivity index (χ3v) is 16.5. The maximum atomic E-state index is 11.7. The van der Waals surface area contributed by atoms with E-state index in [1.54, 1.807) is 5.57 Å². The SMILES string of the molecule is CC(C)(C)[Si](C)(C)O[C@H]1CC[C@@]2(C)C(=CC[C@H]3[C@@H]4CC[C@H](C5CC(=O)C5)[C@@]4(C)CC[C@@H]32)C1. The summed E-state index contributed by atoms with van der Waals surface area (Å²) in [5.41, 5.74) is 2.65. The van der Waals surface area contributed by atoms with Crippen LogP contribution in [0.3, 0.4) is 0 Å². The lowest BCUT2D eigenvalue weighted by Crippen LogP contribution is -2.52. The second-order valence-corrected chi connectivity index (χ2v) is 19.2. The molecule has 0 amide bonds. The van der Waals surface area contributed by atoms with Gasteiger partial charge in [-0.2, -0.15) is 0 Å². The first-order valence-electron chi connectivity index (χ1n) is 13.7. The number of Topliss-reactive ketones (excluding diaryl/α,β-unsaturated/α-hetero) is 1. The quantitative estimate of drug-likeness (QED) is 0.318. The monoisotopic (exact) mass is 456 g/mol. The van der Waals surface area contributed by atoms with Gasteiger partial charge in [-0.3, -0.25) is 4.79 Å². The fraction of sp³-hybridized carbons (Fsp3) is 0.897. The average molecular weight is 457 g/mol. The number of hydrogen-bond donors (Lipinski definition) is 0. The molecule has 0 saturated heterocycles. The lowest BCUT2D eigenvalue weighted by molar-refractivity contribution is -0.131. The molecule has 0 aliphatic heterocycles. The molecule has 0 heterocycles. The maximum absolute atomic E-state index is 11.7. The molecule has 0 unspecified atom stereocenters. The van der Waals surface area contributed by atoms with Crippen LogP contribution in [0.4, 0.5) is 0 Å². The average Bonchev–Trinajstić information content (AvgIpc) is 3.01. The molecule has 0 N–H and O–H groups in total. The molecule has 7 atom stereocenters. The van der Waals surface area contributed by atoms with Gasteiger partial charge in [-0.15, -0.1) is 0 Å². The Labute approximate surface area is 198 Å². The highest BCUT2D eigenvalue weighted by atomic mass is 28.4. The molecular formula is C29H48O2Si. The van der Waals surface area contributed by atoms with Crippen LogP contribution in [0.1, 0.15) is 98.8 Å². The minimum absolute atomic E-state index is 0.289. The number of carbonyl (C=O) groups is 1. The molecule has 32 heavy (non-hydrogen) atoms. The van der Waals surface area contributed by atoms with Gasteiger partial charge in [-0.05, 0) is 110 Å². The molecule has 4 fully saturated rings. The first-order valence-corrected chi connectivity index (χ1v) is 16.6. The van der Waals surface area contributed by atoms with Crippen molar-refractivity contribution < 1.29 is 9.22 Å². The molecule has 5 aliphatic carbocycles. The van der Waals surface area contributed by atoms with E-state index in [-0.39, 0.29) is 5.04 Å². The molecule has 5 rings (SSSR count). The summed E-state index contributed by atoms with van der Waals surface area (Å²) in [5.74, 6) is 4.68. The van der Waals surface area contributed by atoms with Gasteiger partial charge in [0.15, 0.2) is 8.32 Å². The molecule has 4 saturated carbocycles. The van der Waals surface area contributed by atoms with Crippen LogP contribution in [0, 0.1) is 40.4 Å². The standard InChI is InChI=1S/C29H48O2Si/c1-27(2,3)32(6,7)31-22-12-14-28(4)20(18-22)8-9-23-25-11-10-24(19-16-21(30)17-19)29(25,5)15-13-26(23)28/h8,19,22-26H,9-18H2,1-7H3/t22-,23-,24+,25-,26-,28-,29+/m0/s1. The van der Waals surface area contributed by atoms with Crippen LogP contribution in [0.15, 0.2) is 11.6 Å². The molecule has 0 radical (unpaired) electrons. The Balaban J connectivity index is 1.32. The van der Waals surface area contributed by atoms with E-state index in [9.17, 15) is 4.79 Å². The minimum atomic E-state index is -1.71. The van der Waals surface area contributed by atoms with Gasteiger partial charge in [0.1, 0.15) is 5.78 Å². The van der Waals surface area contributed by atoms with Crippen LogP contribution >= 0.6 is 0 Å². The van der Waals surface area contributed by atoms with Crippen LogP contribution < -0.4 is 0 Å². The van der Waals surface area contributed by atoms with Crippen LogP contribution in [-0.4, -0.2) is 20.2 Å². The predicted molar refractivity (Wildman–Crippen MR) is 135 cm³/mol. The van der Waals surface area contributed by atoms with Gasteiger partial charge in [0.2, 0.25) is 0 Å². The molecule has 0 aromatic rings. The summed E-state index contributed by atoms with van der Waals surface area (Å²) in [6, 6.07) is 0. The molecule has 0 aromatic heterocycles. The van der Waals surface area contributed by atoms with E-state index < -0.39 is 8.32 Å². The zero-order valence-electron chi connectivity index (χ0n) is 21.9. The van der Waals surface area contributed by atoms with E-state index in [4.69, 9.17) is 4.43 Å². The molecule has 180 valence electrons. The number of rotatable bonds is 3. The number of hydrogen-bond acceptors (Lipinski definition) is 2. The summed E-state index contributed by atoms with van der Waals surface area (Å²) in [4.78, 5) is 11.7. The summed E-state index contributed by atoms with van der Waals surface area (Å²) >= 11 is 0. The normalized spacial score (nSPS) is 44.9. The van der Waals surface area contributed by atoms with Crippen molar-refractivity contribution in [3.05, 3.63) is 11.6 Å². The summed E-state index contributed by atoms with van der Waals surface area (Å²) < 4.78 is 6.90. The van der Waals surface area contributed by atoms with Crippen molar-refractivity contribution in [1.29, 1.82) is 0 Å². The van der Waals surface area contributed by atoms with E-state index >= 15 is 0 Å². The van der Waals surface area contributed by atoms with Crippen molar-refractivity contribution in [2.75, 3.05) is 0 Å². The predicted octanol–water partition coefficient (Wildman–Crippen LogP) is 7.93. The van der Waals surface area contributed by atoms with Crippen molar-refractivity contribution in [3.63, 3.8) is 0 Å². The second kappa shape index (κ2) is 7.54. The first kappa shape index (κ1) is 23.3. The van der Waals surface area contributed by atoms with Gasteiger partial charge < -0.3 is 4.43 Å². The lowest BCUT2D eigenvalue weighted by atomic mass is 9.46. The van der Waals surface area contributed by atoms with Crippen molar-refractivity contribution in [3.8, 4) is 0 Å². The zero-order chi connectivity index (χ0) is 23.1. The molecule has 2 nitrogen and oxygen atoms in total. The van der Waals surface area contributed by atoms with Gasteiger partial charge >= 0.3 is 0 Å². The minimum Gasteiger partial charge on any atom is -0.414 e. The third kappa shape index (κ3) is 3.46. The highest BCUT2D eigenvalue weighted by molar-refractivity contribution is 6.74. The molecule has 0 bridgehead atoms. The Morgan fingerprint density at radius 1 is 0.938 bits per heavy atom. The van der Waals surface area contributed by atoms with Gasteiger partial charge in [-0.1, -0.05) is 46.3 Å². The number of fused-ring (bicyclic) bond motifs is 5. The lowest BCUT2D eigenvalue weighted by Gasteiger charge is -2.59. The van der Waals surface area contributed by atoms with Crippen LogP contribution in [-0.2, 0) is 9.22 Å². The Bertz CT molecular complexity index is 798. The van der Waals surface area contributed by atoms with Crippen LogP contribution in [0.2, 0.25) is 18.1 Å². The third-order valence-electron chi connectivity index (χ3n) is 11.9. The molecule has 0 aromatic carbocycles. The fourth-order valence-electron chi connectivity index (χ4n) is 8.95. The van der Waals surface area contributed by atoms with E-state index in [0.29, 0.717) is 28.6 Å². The Morgan fingerprint density at radius 3 is 2.28 bits per heavy atom. The number of allylic oxidation sites excluding steroid dienone is 1. The Kier molecular flexibility index (Phi) is 5.50. The van der Waals surface area contributed by atoms with Crippen molar-refractivity contribution in [2.45, 2.75) is 123 Å². The van der Waals surface area contributed by atoms with E-state index in [0.717, 1.165) is 36.5 Å². The van der Waals surface area contributed by atoms with E-state index in [1.807, 2.05) is 0 Å². The Morgan fingerprint density at radius 2 is 1.62 bits per heavy atom. The molecule has 0 spiro atoms. The largest absolute Gasteiger partial charge is 0.414 e. The number of carbonyl (C=O) groups excluding carboxylic acids is 1. The highest BCUT2D eigenvalue weighted by Crippen LogP contribution is 2.68. The second-order valence-electron chi connectivity index (χ2n) is 14.4. The van der Waals surface area contributed by atoms with E-state index in [1.165, 1.54) is 51.4 Å². The summed E-state index contributed by atoms with van der Waals surface area (Å²) in [5, 5.41) is 0.289. The van der Waals surface area contributed by atoms with Gasteiger partial charge in [0.25, 0.3) is 0 Å². The zero-order valence-corrected chi connectivity index (χ0v) is 22.9.